The second kappa shape index (κ2) is 6.40. The molecule has 3 aromatic rings. The Morgan fingerprint density at radius 1 is 1.12 bits per heavy atom. The molecule has 0 bridgehead atoms. The molecule has 0 aliphatic carbocycles. The first-order valence-corrected chi connectivity index (χ1v) is 8.62. The molecule has 1 heterocycles. The predicted octanol–water partition coefficient (Wildman–Crippen LogP) is 5.84. The summed E-state index contributed by atoms with van der Waals surface area (Å²) in [6.45, 7) is 5.65. The van der Waals surface area contributed by atoms with E-state index >= 15 is 0 Å². The van der Waals surface area contributed by atoms with Gasteiger partial charge in [0.1, 0.15) is 5.01 Å². The third-order valence-corrected chi connectivity index (χ3v) is 5.22. The number of thiazole rings is 1. The van der Waals surface area contributed by atoms with Crippen LogP contribution >= 0.6 is 11.3 Å². The molecule has 0 saturated carbocycles. The molecule has 0 aliphatic rings. The van der Waals surface area contributed by atoms with Gasteiger partial charge in [0.25, 0.3) is 0 Å². The Morgan fingerprint density at radius 2 is 1.83 bits per heavy atom. The average Bonchev–Trinajstić information content (AvgIpc) is 2.91. The fraction of sp³-hybridized carbons (Fsp3) is 0.263. The largest absolute Gasteiger partial charge is 0.293 e. The molecule has 5 heteroatoms. The zero-order valence-corrected chi connectivity index (χ0v) is 14.6. The first-order chi connectivity index (χ1) is 11.4. The quantitative estimate of drug-likeness (QED) is 0.556. The molecular weight excluding hydrogens is 328 g/mol. The van der Waals surface area contributed by atoms with Gasteiger partial charge in [-0.15, -0.1) is 11.3 Å². The summed E-state index contributed by atoms with van der Waals surface area (Å²) < 4.78 is 27.0. The number of halogens is 2. The van der Waals surface area contributed by atoms with Gasteiger partial charge in [0.05, 0.1) is 10.6 Å². The van der Waals surface area contributed by atoms with Gasteiger partial charge in [0.15, 0.2) is 17.4 Å². The van der Waals surface area contributed by atoms with Crippen molar-refractivity contribution in [3.63, 3.8) is 0 Å². The number of ketones is 1. The molecule has 0 N–H and O–H groups in total. The molecule has 0 spiro atoms. The van der Waals surface area contributed by atoms with Crippen LogP contribution in [0.25, 0.3) is 21.3 Å². The summed E-state index contributed by atoms with van der Waals surface area (Å²) in [5.41, 5.74) is 2.38. The summed E-state index contributed by atoms with van der Waals surface area (Å²) in [6, 6.07) is 6.10. The maximum atomic E-state index is 13.5. The topological polar surface area (TPSA) is 30.0 Å². The number of hydrogen-bond donors (Lipinski definition) is 0. The Balaban J connectivity index is 2.12. The minimum absolute atomic E-state index is 0.101. The summed E-state index contributed by atoms with van der Waals surface area (Å²) in [5.74, 6) is -1.62. The van der Waals surface area contributed by atoms with Crippen LogP contribution in [-0.4, -0.2) is 10.8 Å². The van der Waals surface area contributed by atoms with Crippen LogP contribution in [0.5, 0.6) is 0 Å². The van der Waals surface area contributed by atoms with Gasteiger partial charge in [0.2, 0.25) is 0 Å². The van der Waals surface area contributed by atoms with Crippen molar-refractivity contribution in [2.45, 2.75) is 33.6 Å². The average molecular weight is 345 g/mol. The Kier molecular flexibility index (Phi) is 4.45. The van der Waals surface area contributed by atoms with Crippen molar-refractivity contribution in [1.82, 2.24) is 4.98 Å². The molecule has 0 fully saturated rings. The van der Waals surface area contributed by atoms with Gasteiger partial charge in [-0.2, -0.15) is 0 Å². The van der Waals surface area contributed by atoms with Gasteiger partial charge >= 0.3 is 0 Å². The number of hydrogen-bond acceptors (Lipinski definition) is 3. The summed E-state index contributed by atoms with van der Waals surface area (Å²) in [5, 5.41) is 2.02. The smallest absolute Gasteiger partial charge is 0.174 e. The van der Waals surface area contributed by atoms with E-state index in [2.05, 4.69) is 4.98 Å². The number of rotatable bonds is 4. The molecule has 2 nitrogen and oxygen atoms in total. The lowest BCUT2D eigenvalue weighted by molar-refractivity contribution is 0.0985. The van der Waals surface area contributed by atoms with E-state index in [0.717, 1.165) is 28.2 Å². The van der Waals surface area contributed by atoms with Crippen LogP contribution in [0, 0.1) is 25.5 Å². The Labute approximate surface area is 143 Å². The third-order valence-electron chi connectivity index (χ3n) is 3.97. The zero-order chi connectivity index (χ0) is 17.4. The molecule has 24 heavy (non-hydrogen) atoms. The van der Waals surface area contributed by atoms with Crippen LogP contribution < -0.4 is 0 Å². The Morgan fingerprint density at radius 3 is 2.54 bits per heavy atom. The molecule has 0 radical (unpaired) electrons. The van der Waals surface area contributed by atoms with Crippen LogP contribution in [0.15, 0.2) is 24.3 Å². The highest BCUT2D eigenvalue weighted by Crippen LogP contribution is 2.33. The van der Waals surface area contributed by atoms with Crippen molar-refractivity contribution < 1.29 is 13.6 Å². The van der Waals surface area contributed by atoms with Crippen molar-refractivity contribution in [1.29, 1.82) is 0 Å². The van der Waals surface area contributed by atoms with E-state index in [1.165, 1.54) is 23.5 Å². The van der Waals surface area contributed by atoms with Crippen molar-refractivity contribution in [3.05, 3.63) is 52.0 Å². The number of aromatic nitrogens is 1. The lowest BCUT2D eigenvalue weighted by Gasteiger charge is -2.06. The van der Waals surface area contributed by atoms with Gasteiger partial charge in [0, 0.05) is 12.0 Å². The highest BCUT2D eigenvalue weighted by Gasteiger charge is 2.16. The van der Waals surface area contributed by atoms with Crippen molar-refractivity contribution in [2.75, 3.05) is 0 Å². The van der Waals surface area contributed by atoms with Crippen molar-refractivity contribution in [2.24, 2.45) is 0 Å². The van der Waals surface area contributed by atoms with Gasteiger partial charge in [-0.1, -0.05) is 6.92 Å². The molecule has 0 aliphatic heterocycles. The van der Waals surface area contributed by atoms with Crippen LogP contribution in [-0.2, 0) is 0 Å². The zero-order valence-electron chi connectivity index (χ0n) is 13.7. The molecule has 0 amide bonds. The highest BCUT2D eigenvalue weighted by molar-refractivity contribution is 7.17. The second-order valence-electron chi connectivity index (χ2n) is 5.89. The van der Waals surface area contributed by atoms with Crippen molar-refractivity contribution >= 4 is 27.9 Å². The normalized spacial score (nSPS) is 11.2. The van der Waals surface area contributed by atoms with E-state index in [-0.39, 0.29) is 5.78 Å². The lowest BCUT2D eigenvalue weighted by Crippen LogP contribution is -1.96. The van der Waals surface area contributed by atoms with Gasteiger partial charge < -0.3 is 0 Å². The fourth-order valence-electron chi connectivity index (χ4n) is 2.79. The van der Waals surface area contributed by atoms with Crippen LogP contribution in [0.3, 0.4) is 0 Å². The number of Topliss-reactive ketones (excluding diaryl/α,β-unsaturated/α-hetero) is 1. The molecule has 124 valence electrons. The minimum Gasteiger partial charge on any atom is -0.293 e. The summed E-state index contributed by atoms with van der Waals surface area (Å²) in [6.07, 6.45) is 1.30. The third kappa shape index (κ3) is 2.96. The predicted molar refractivity (Wildman–Crippen MR) is 93.7 cm³/mol. The van der Waals surface area contributed by atoms with E-state index in [0.29, 0.717) is 22.1 Å². The molecule has 0 atom stereocenters. The maximum Gasteiger partial charge on any atom is 0.174 e. The molecule has 2 aromatic carbocycles. The summed E-state index contributed by atoms with van der Waals surface area (Å²) in [7, 11) is 0. The van der Waals surface area contributed by atoms with Crippen molar-refractivity contribution in [3.8, 4) is 10.6 Å². The summed E-state index contributed by atoms with van der Waals surface area (Å²) in [4.78, 5) is 17.3. The number of benzene rings is 2. The van der Waals surface area contributed by atoms with E-state index < -0.39 is 11.6 Å². The van der Waals surface area contributed by atoms with E-state index in [1.54, 1.807) is 6.07 Å². The van der Waals surface area contributed by atoms with Crippen LogP contribution in [0.2, 0.25) is 0 Å². The van der Waals surface area contributed by atoms with E-state index in [1.807, 2.05) is 26.8 Å². The second-order valence-corrected chi connectivity index (χ2v) is 6.89. The first kappa shape index (κ1) is 16.7. The molecule has 3 rings (SSSR count). The minimum atomic E-state index is -0.867. The maximum absolute atomic E-state index is 13.5. The monoisotopic (exact) mass is 345 g/mol. The van der Waals surface area contributed by atoms with Crippen LogP contribution in [0.4, 0.5) is 8.78 Å². The molecule has 1 aromatic heterocycles. The van der Waals surface area contributed by atoms with E-state index in [9.17, 15) is 13.6 Å². The van der Waals surface area contributed by atoms with Crippen LogP contribution in [0.1, 0.15) is 40.7 Å². The van der Waals surface area contributed by atoms with E-state index in [4.69, 9.17) is 0 Å². The number of aryl methyl sites for hydroxylation is 2. The summed E-state index contributed by atoms with van der Waals surface area (Å²) >= 11 is 1.36. The first-order valence-electron chi connectivity index (χ1n) is 7.81. The highest BCUT2D eigenvalue weighted by atomic mass is 32.1. The standard InChI is InChI=1S/C19H17F2NOS/c1-4-5-17(23)18-11(3)22-19(24-18)13-6-10(2)14-9-16(21)15(20)8-12(14)7-13/h6-9H,4-5H2,1-3H3. The number of nitrogens with zero attached hydrogens (tertiary/aromatic N) is 1. The molecule has 0 saturated heterocycles. The lowest BCUT2D eigenvalue weighted by atomic mass is 10.0. The number of fused-ring (bicyclic) bond motifs is 1. The van der Waals surface area contributed by atoms with Gasteiger partial charge in [-0.05, 0) is 60.9 Å². The SMILES string of the molecule is CCCC(=O)c1sc(-c2cc(C)c3cc(F)c(F)cc3c2)nc1C. The molecule has 0 unspecified atom stereocenters. The number of carbonyl (C=O) groups excluding carboxylic acids is 1. The van der Waals surface area contributed by atoms with Gasteiger partial charge in [-0.3, -0.25) is 4.79 Å². The number of carbonyl (C=O) groups is 1. The fourth-order valence-corrected chi connectivity index (χ4v) is 3.81. The molecular formula is C19H17F2NOS. The Hall–Kier alpha value is -2.14. The van der Waals surface area contributed by atoms with Gasteiger partial charge in [-0.25, -0.2) is 13.8 Å². The Bertz CT molecular complexity index is 946.